The number of carboxylic acids is 2. The molecule has 3 rings (SSSR count). The van der Waals surface area contributed by atoms with Crippen molar-refractivity contribution >= 4 is 29.3 Å². The molecule has 27 heavy (non-hydrogen) atoms. The van der Waals surface area contributed by atoms with Crippen molar-refractivity contribution in [3.8, 4) is 11.5 Å². The van der Waals surface area contributed by atoms with Gasteiger partial charge in [-0.05, 0) is 36.8 Å². The van der Waals surface area contributed by atoms with Crippen molar-refractivity contribution in [2.45, 2.75) is 13.5 Å². The van der Waals surface area contributed by atoms with Gasteiger partial charge in [-0.3, -0.25) is 4.90 Å². The van der Waals surface area contributed by atoms with Crippen LogP contribution in [0.15, 0.2) is 18.2 Å². The first-order valence-electron chi connectivity index (χ1n) is 8.50. The van der Waals surface area contributed by atoms with Crippen molar-refractivity contribution in [3.05, 3.63) is 23.8 Å². The number of carboxylic acid groups (broad SMARTS) is 2. The number of rotatable bonds is 3. The third-order valence-corrected chi connectivity index (χ3v) is 4.42. The Labute approximate surface area is 162 Å². The first-order chi connectivity index (χ1) is 12.9. The van der Waals surface area contributed by atoms with E-state index in [0.717, 1.165) is 55.9 Å². The topological polar surface area (TPSA) is 112 Å². The number of hydrogen-bond donors (Lipinski definition) is 3. The first kappa shape index (κ1) is 20.7. The number of fused-ring (bicyclic) bond motifs is 1. The van der Waals surface area contributed by atoms with Crippen molar-refractivity contribution in [2.24, 2.45) is 0 Å². The lowest BCUT2D eigenvalue weighted by Crippen LogP contribution is -2.51. The lowest BCUT2D eigenvalue weighted by atomic mass is 10.1. The minimum atomic E-state index is -1.82. The maximum absolute atomic E-state index is 9.10. The summed E-state index contributed by atoms with van der Waals surface area (Å²) in [6.45, 7) is 8.25. The SMILES string of the molecule is CCNC(=S)N1CCN(Cc2ccc3c(c2)OCO3)CC1.O=C(O)C(=O)O. The molecule has 3 N–H and O–H groups in total. The van der Waals surface area contributed by atoms with Crippen molar-refractivity contribution in [1.29, 1.82) is 0 Å². The van der Waals surface area contributed by atoms with E-state index in [2.05, 4.69) is 34.2 Å². The molecule has 0 unspecified atom stereocenters. The minimum absolute atomic E-state index is 0.333. The van der Waals surface area contributed by atoms with E-state index >= 15 is 0 Å². The lowest BCUT2D eigenvalue weighted by Gasteiger charge is -2.36. The Morgan fingerprint density at radius 1 is 1.11 bits per heavy atom. The maximum atomic E-state index is 9.10. The summed E-state index contributed by atoms with van der Waals surface area (Å²) in [6, 6.07) is 6.19. The fourth-order valence-electron chi connectivity index (χ4n) is 2.67. The number of piperazine rings is 1. The van der Waals surface area contributed by atoms with Gasteiger partial charge in [-0.25, -0.2) is 9.59 Å². The molecule has 0 radical (unpaired) electrons. The molecule has 2 heterocycles. The van der Waals surface area contributed by atoms with Gasteiger partial charge in [-0.2, -0.15) is 0 Å². The zero-order valence-corrected chi connectivity index (χ0v) is 15.8. The van der Waals surface area contributed by atoms with E-state index in [1.165, 1.54) is 5.56 Å². The highest BCUT2D eigenvalue weighted by molar-refractivity contribution is 7.80. The normalized spacial score (nSPS) is 15.5. The van der Waals surface area contributed by atoms with Crippen LogP contribution in [0, 0.1) is 0 Å². The first-order valence-corrected chi connectivity index (χ1v) is 8.91. The second-order valence-electron chi connectivity index (χ2n) is 5.90. The quantitative estimate of drug-likeness (QED) is 0.495. The molecule has 0 spiro atoms. The summed E-state index contributed by atoms with van der Waals surface area (Å²) in [5.74, 6) is -1.94. The molecule has 0 saturated carbocycles. The maximum Gasteiger partial charge on any atom is 0.414 e. The summed E-state index contributed by atoms with van der Waals surface area (Å²) in [4.78, 5) is 22.9. The number of nitrogens with one attached hydrogen (secondary N) is 1. The zero-order valence-electron chi connectivity index (χ0n) is 15.0. The average molecular weight is 397 g/mol. The van der Waals surface area contributed by atoms with Gasteiger partial charge in [0.2, 0.25) is 6.79 Å². The Hall–Kier alpha value is -2.59. The van der Waals surface area contributed by atoms with Crippen molar-refractivity contribution in [3.63, 3.8) is 0 Å². The van der Waals surface area contributed by atoms with Gasteiger partial charge in [0, 0.05) is 39.3 Å². The second-order valence-corrected chi connectivity index (χ2v) is 6.28. The molecule has 148 valence electrons. The number of ether oxygens (including phenoxy) is 2. The Kier molecular flexibility index (Phi) is 7.62. The van der Waals surface area contributed by atoms with E-state index in [0.29, 0.717) is 6.79 Å². The molecule has 10 heteroatoms. The number of aliphatic carboxylic acids is 2. The van der Waals surface area contributed by atoms with Crippen LogP contribution < -0.4 is 14.8 Å². The summed E-state index contributed by atoms with van der Waals surface area (Å²) in [6.07, 6.45) is 0. The molecule has 0 bridgehead atoms. The van der Waals surface area contributed by atoms with E-state index in [1.807, 2.05) is 6.07 Å². The fraction of sp³-hybridized carbons (Fsp3) is 0.471. The number of thiocarbonyl (C=S) groups is 1. The molecule has 2 aliphatic rings. The van der Waals surface area contributed by atoms with Crippen LogP contribution in [0.1, 0.15) is 12.5 Å². The molecule has 0 aliphatic carbocycles. The molecule has 2 aliphatic heterocycles. The van der Waals surface area contributed by atoms with Crippen LogP contribution >= 0.6 is 12.2 Å². The zero-order chi connectivity index (χ0) is 19.8. The highest BCUT2D eigenvalue weighted by Crippen LogP contribution is 2.32. The molecule has 1 fully saturated rings. The van der Waals surface area contributed by atoms with Crippen LogP contribution in [0.4, 0.5) is 0 Å². The summed E-state index contributed by atoms with van der Waals surface area (Å²) in [7, 11) is 0. The summed E-state index contributed by atoms with van der Waals surface area (Å²) >= 11 is 5.36. The van der Waals surface area contributed by atoms with Gasteiger partial charge in [-0.1, -0.05) is 6.07 Å². The number of hydrogen-bond acceptors (Lipinski definition) is 6. The number of nitrogens with zero attached hydrogens (tertiary/aromatic N) is 2. The van der Waals surface area contributed by atoms with E-state index in [9.17, 15) is 0 Å². The smallest absolute Gasteiger partial charge is 0.414 e. The molecular formula is C17H23N3O6S. The van der Waals surface area contributed by atoms with Gasteiger partial charge < -0.3 is 29.9 Å². The fourth-order valence-corrected chi connectivity index (χ4v) is 3.00. The van der Waals surface area contributed by atoms with Gasteiger partial charge in [0.1, 0.15) is 0 Å². The molecular weight excluding hydrogens is 374 g/mol. The predicted octanol–water partition coefficient (Wildman–Crippen LogP) is 0.583. The highest BCUT2D eigenvalue weighted by Gasteiger charge is 2.20. The van der Waals surface area contributed by atoms with Gasteiger partial charge in [0.05, 0.1) is 0 Å². The standard InChI is InChI=1S/C15H21N3O2S.C2H2O4/c1-2-16-15(21)18-7-5-17(6-8-18)10-12-3-4-13-14(9-12)20-11-19-13;3-1(4)2(5)6/h3-4,9H,2,5-8,10-11H2,1H3,(H,16,21);(H,3,4)(H,5,6). The lowest BCUT2D eigenvalue weighted by molar-refractivity contribution is -0.159. The molecule has 9 nitrogen and oxygen atoms in total. The van der Waals surface area contributed by atoms with Crippen LogP contribution in [0.3, 0.4) is 0 Å². The van der Waals surface area contributed by atoms with E-state index < -0.39 is 11.9 Å². The van der Waals surface area contributed by atoms with Gasteiger partial charge >= 0.3 is 11.9 Å². The van der Waals surface area contributed by atoms with E-state index in [-0.39, 0.29) is 0 Å². The highest BCUT2D eigenvalue weighted by atomic mass is 32.1. The summed E-state index contributed by atoms with van der Waals surface area (Å²) in [5, 5.41) is 18.9. The molecule has 0 aromatic heterocycles. The van der Waals surface area contributed by atoms with Crippen molar-refractivity contribution in [2.75, 3.05) is 39.5 Å². The molecule has 1 aromatic carbocycles. The Morgan fingerprint density at radius 2 is 1.74 bits per heavy atom. The molecule has 1 saturated heterocycles. The third kappa shape index (κ3) is 6.26. The van der Waals surface area contributed by atoms with Crippen molar-refractivity contribution in [1.82, 2.24) is 15.1 Å². The van der Waals surface area contributed by atoms with Crippen LogP contribution in [0.5, 0.6) is 11.5 Å². The molecule has 1 aromatic rings. The minimum Gasteiger partial charge on any atom is -0.473 e. The Morgan fingerprint density at radius 3 is 2.33 bits per heavy atom. The summed E-state index contributed by atoms with van der Waals surface area (Å²) in [5.41, 5.74) is 1.27. The number of carbonyl (C=O) groups is 2. The van der Waals surface area contributed by atoms with Gasteiger partial charge in [-0.15, -0.1) is 0 Å². The van der Waals surface area contributed by atoms with Gasteiger partial charge in [0.15, 0.2) is 16.6 Å². The molecule has 0 amide bonds. The van der Waals surface area contributed by atoms with Crippen LogP contribution in [-0.2, 0) is 16.1 Å². The van der Waals surface area contributed by atoms with Crippen molar-refractivity contribution < 1.29 is 29.3 Å². The number of benzene rings is 1. The Bertz CT molecular complexity index is 679. The Balaban J connectivity index is 0.000000380. The third-order valence-electron chi connectivity index (χ3n) is 4.01. The van der Waals surface area contributed by atoms with Gasteiger partial charge in [0.25, 0.3) is 0 Å². The predicted molar refractivity (Wildman–Crippen MR) is 101 cm³/mol. The molecule has 0 atom stereocenters. The van der Waals surface area contributed by atoms with E-state index in [4.69, 9.17) is 41.5 Å². The average Bonchev–Trinajstić information content (AvgIpc) is 3.11. The van der Waals surface area contributed by atoms with Crippen LogP contribution in [-0.4, -0.2) is 76.6 Å². The van der Waals surface area contributed by atoms with Crippen LogP contribution in [0.25, 0.3) is 0 Å². The monoisotopic (exact) mass is 397 g/mol. The van der Waals surface area contributed by atoms with E-state index in [1.54, 1.807) is 0 Å². The van der Waals surface area contributed by atoms with Crippen LogP contribution in [0.2, 0.25) is 0 Å². The second kappa shape index (κ2) is 9.93. The summed E-state index contributed by atoms with van der Waals surface area (Å²) < 4.78 is 10.8. The largest absolute Gasteiger partial charge is 0.473 e.